The lowest BCUT2D eigenvalue weighted by molar-refractivity contribution is -0.348. The number of halogens is 12. The summed E-state index contributed by atoms with van der Waals surface area (Å²) in [5, 5.41) is 17.5. The SMILES string of the molecule is N#CC1(N(COC(=O)c2ccc(C(=O)O)cc2)C(=O)c2cc(-c3ccn(-c4c(Cl)cc(C(F)(C(F)(F)F)C(F)(F)F)cc4OC(F)(F)F)c3)ccc2Cl)CC1. The number of carboxylic acids is 1. The average Bonchev–Trinajstić information content (AvgIpc) is 3.73. The van der Waals surface area contributed by atoms with Crippen molar-refractivity contribution in [3.8, 4) is 28.6 Å². The Hall–Kier alpha value is -5.48. The molecule has 21 heteroatoms. The summed E-state index contributed by atoms with van der Waals surface area (Å²) >= 11 is 12.3. The summed E-state index contributed by atoms with van der Waals surface area (Å²) in [4.78, 5) is 38.6. The van der Waals surface area contributed by atoms with E-state index in [1.54, 1.807) is 0 Å². The molecule has 5 rings (SSSR count). The summed E-state index contributed by atoms with van der Waals surface area (Å²) in [6.45, 7) is -0.762. The number of alkyl halides is 10. The zero-order valence-electron chi connectivity index (χ0n) is 26.9. The fraction of sp³-hybridized carbons (Fsp3) is 0.235. The number of benzene rings is 3. The largest absolute Gasteiger partial charge is 0.573 e. The van der Waals surface area contributed by atoms with E-state index in [1.165, 1.54) is 36.4 Å². The number of rotatable bonds is 10. The van der Waals surface area contributed by atoms with Crippen molar-refractivity contribution in [3.05, 3.63) is 105 Å². The van der Waals surface area contributed by atoms with Crippen molar-refractivity contribution in [2.75, 3.05) is 6.73 Å². The average molecular weight is 826 g/mol. The minimum atomic E-state index is -6.69. The van der Waals surface area contributed by atoms with E-state index in [2.05, 4.69) is 4.74 Å². The number of carbonyl (C=O) groups excluding carboxylic acids is 2. The van der Waals surface area contributed by atoms with Gasteiger partial charge in [-0.2, -0.15) is 31.6 Å². The maximum atomic E-state index is 14.8. The Kier molecular flexibility index (Phi) is 10.6. The third kappa shape index (κ3) is 8.01. The van der Waals surface area contributed by atoms with Gasteiger partial charge < -0.3 is 19.1 Å². The highest BCUT2D eigenvalue weighted by atomic mass is 35.5. The van der Waals surface area contributed by atoms with Crippen molar-refractivity contribution in [1.82, 2.24) is 9.47 Å². The molecule has 0 unspecified atom stereocenters. The Morgan fingerprint density at radius 1 is 0.836 bits per heavy atom. The Morgan fingerprint density at radius 2 is 1.44 bits per heavy atom. The standard InChI is InChI=1S/C34H19Cl2F10N3O6/c35-23-6-5-19(11-22(23)27(50)49(30(15-47)8-9-30)16-54-29(53)18-3-1-17(2-4-18)28(51)52)20-7-10-48(14-20)26-24(36)12-21(13-25(26)55-34(44,45)46)31(37,32(38,39)40)33(41,42)43/h1-7,10-14H,8-9,16H2,(H,51,52). The molecule has 0 bridgehead atoms. The lowest BCUT2D eigenvalue weighted by Gasteiger charge is -2.31. The first-order valence-corrected chi connectivity index (χ1v) is 15.8. The molecule has 1 aliphatic rings. The normalized spacial score (nSPS) is 14.2. The van der Waals surface area contributed by atoms with Crippen molar-refractivity contribution in [3.63, 3.8) is 0 Å². The second-order valence-corrected chi connectivity index (χ2v) is 12.6. The number of nitriles is 1. The van der Waals surface area contributed by atoms with Gasteiger partial charge in [0.05, 0.1) is 32.8 Å². The van der Waals surface area contributed by atoms with E-state index in [1.807, 2.05) is 6.07 Å². The number of hydrogen-bond donors (Lipinski definition) is 1. The summed E-state index contributed by atoms with van der Waals surface area (Å²) in [7, 11) is 0. The van der Waals surface area contributed by atoms with Crippen LogP contribution in [0.2, 0.25) is 10.0 Å². The molecular formula is C34H19Cl2F10N3O6. The van der Waals surface area contributed by atoms with Crippen molar-refractivity contribution >= 4 is 41.0 Å². The summed E-state index contributed by atoms with van der Waals surface area (Å²) in [6.07, 6.45) is -16.7. The van der Waals surface area contributed by atoms with E-state index in [9.17, 15) is 63.5 Å². The van der Waals surface area contributed by atoms with Gasteiger partial charge in [0.1, 0.15) is 11.2 Å². The van der Waals surface area contributed by atoms with Gasteiger partial charge in [0, 0.05) is 18.0 Å². The molecule has 55 heavy (non-hydrogen) atoms. The third-order valence-corrected chi connectivity index (χ3v) is 8.92. The first-order chi connectivity index (χ1) is 25.4. The lowest BCUT2D eigenvalue weighted by Crippen LogP contribution is -2.50. The van der Waals surface area contributed by atoms with Crippen LogP contribution in [0.15, 0.2) is 73.1 Å². The Labute approximate surface area is 311 Å². The van der Waals surface area contributed by atoms with E-state index in [-0.39, 0.29) is 51.7 Å². The second kappa shape index (κ2) is 14.3. The van der Waals surface area contributed by atoms with Crippen LogP contribution >= 0.6 is 23.2 Å². The Morgan fingerprint density at radius 3 is 1.96 bits per heavy atom. The van der Waals surface area contributed by atoms with Crippen molar-refractivity contribution < 1.29 is 72.9 Å². The number of carbonyl (C=O) groups is 3. The Bertz CT molecular complexity index is 2190. The molecule has 0 saturated heterocycles. The molecule has 0 spiro atoms. The van der Waals surface area contributed by atoms with Gasteiger partial charge in [0.2, 0.25) is 0 Å². The summed E-state index contributed by atoms with van der Waals surface area (Å²) in [5.41, 5.74) is -11.2. The molecular weight excluding hydrogens is 807 g/mol. The van der Waals surface area contributed by atoms with Crippen LogP contribution in [-0.4, -0.2) is 63.4 Å². The van der Waals surface area contributed by atoms with Gasteiger partial charge in [-0.25, -0.2) is 14.0 Å². The van der Waals surface area contributed by atoms with Crippen LogP contribution in [0.1, 0.15) is 49.5 Å². The van der Waals surface area contributed by atoms with E-state index < -0.39 is 82.6 Å². The maximum absolute atomic E-state index is 14.8. The minimum Gasteiger partial charge on any atom is -0.478 e. The molecule has 3 aromatic carbocycles. The zero-order valence-corrected chi connectivity index (χ0v) is 28.4. The van der Waals surface area contributed by atoms with Crippen LogP contribution in [0.4, 0.5) is 43.9 Å². The third-order valence-electron chi connectivity index (χ3n) is 8.30. The second-order valence-electron chi connectivity index (χ2n) is 11.8. The van der Waals surface area contributed by atoms with Crippen LogP contribution in [-0.2, 0) is 10.4 Å². The fourth-order valence-corrected chi connectivity index (χ4v) is 5.83. The fourth-order valence-electron chi connectivity index (χ4n) is 5.33. The number of esters is 1. The van der Waals surface area contributed by atoms with Crippen LogP contribution < -0.4 is 4.74 Å². The van der Waals surface area contributed by atoms with E-state index in [0.29, 0.717) is 0 Å². The van der Waals surface area contributed by atoms with Crippen LogP contribution in [0.5, 0.6) is 5.75 Å². The number of carboxylic acid groups (broad SMARTS) is 1. The highest BCUT2D eigenvalue weighted by Crippen LogP contribution is 2.55. The minimum absolute atomic E-state index is 0.0541. The maximum Gasteiger partial charge on any atom is 0.573 e. The molecule has 1 aromatic heterocycles. The van der Waals surface area contributed by atoms with Gasteiger partial charge in [-0.1, -0.05) is 29.3 Å². The van der Waals surface area contributed by atoms with Crippen molar-refractivity contribution in [2.45, 2.75) is 42.8 Å². The van der Waals surface area contributed by atoms with Crippen molar-refractivity contribution in [2.24, 2.45) is 0 Å². The number of aromatic carboxylic acids is 1. The number of nitrogens with zero attached hydrogens (tertiary/aromatic N) is 3. The highest BCUT2D eigenvalue weighted by molar-refractivity contribution is 6.34. The van der Waals surface area contributed by atoms with Crippen LogP contribution in [0.25, 0.3) is 16.8 Å². The molecule has 1 N–H and O–H groups in total. The molecule has 290 valence electrons. The van der Waals surface area contributed by atoms with Gasteiger partial charge >= 0.3 is 36.3 Å². The van der Waals surface area contributed by atoms with Crippen molar-refractivity contribution in [1.29, 1.82) is 5.26 Å². The molecule has 1 aliphatic carbocycles. The van der Waals surface area contributed by atoms with Gasteiger partial charge in [0.15, 0.2) is 12.5 Å². The molecule has 4 aromatic rings. The van der Waals surface area contributed by atoms with Gasteiger partial charge in [-0.15, -0.1) is 13.2 Å². The number of amides is 1. The number of hydrogen-bond acceptors (Lipinski definition) is 6. The molecule has 0 radical (unpaired) electrons. The van der Waals surface area contributed by atoms with Gasteiger partial charge in [-0.05, 0) is 78.6 Å². The summed E-state index contributed by atoms with van der Waals surface area (Å²) in [6, 6.07) is 10.9. The van der Waals surface area contributed by atoms with Crippen LogP contribution in [0, 0.1) is 11.3 Å². The topological polar surface area (TPSA) is 122 Å². The van der Waals surface area contributed by atoms with Gasteiger partial charge in [-0.3, -0.25) is 9.69 Å². The smallest absolute Gasteiger partial charge is 0.478 e. The van der Waals surface area contributed by atoms with E-state index >= 15 is 0 Å². The van der Waals surface area contributed by atoms with E-state index in [4.69, 9.17) is 33.0 Å². The molecule has 0 atom stereocenters. The summed E-state index contributed by atoms with van der Waals surface area (Å²) in [5.74, 6) is -4.87. The first kappa shape index (κ1) is 40.7. The van der Waals surface area contributed by atoms with Gasteiger partial charge in [0.25, 0.3) is 5.91 Å². The summed E-state index contributed by atoms with van der Waals surface area (Å²) < 4.78 is 145. The monoisotopic (exact) mass is 825 g/mol. The highest BCUT2D eigenvalue weighted by Gasteiger charge is 2.73. The Balaban J connectivity index is 1.49. The number of aromatic nitrogens is 1. The predicted molar refractivity (Wildman–Crippen MR) is 170 cm³/mol. The lowest BCUT2D eigenvalue weighted by atomic mass is 9.93. The molecule has 1 amide bonds. The van der Waals surface area contributed by atoms with E-state index in [0.717, 1.165) is 34.0 Å². The number of ether oxygens (including phenoxy) is 2. The molecule has 1 heterocycles. The molecule has 0 aliphatic heterocycles. The molecule has 1 fully saturated rings. The quantitative estimate of drug-likeness (QED) is 0.0961. The van der Waals surface area contributed by atoms with Crippen LogP contribution in [0.3, 0.4) is 0 Å². The predicted octanol–water partition coefficient (Wildman–Crippen LogP) is 9.65. The zero-order chi connectivity index (χ0) is 40.9. The first-order valence-electron chi connectivity index (χ1n) is 15.1. The molecule has 1 saturated carbocycles. The molecule has 9 nitrogen and oxygen atoms in total.